The molecular weight excluding hydrogens is 290 g/mol. The lowest BCUT2D eigenvalue weighted by Crippen LogP contribution is -2.41. The number of nitrogens with one attached hydrogen (secondary N) is 1. The van der Waals surface area contributed by atoms with Crippen LogP contribution >= 0.6 is 0 Å². The van der Waals surface area contributed by atoms with Crippen LogP contribution in [0.1, 0.15) is 38.3 Å². The van der Waals surface area contributed by atoms with Crippen molar-refractivity contribution in [2.24, 2.45) is 0 Å². The first kappa shape index (κ1) is 15.8. The van der Waals surface area contributed by atoms with Gasteiger partial charge in [0.1, 0.15) is 21.2 Å². The molecule has 0 radical (unpaired) electrons. The van der Waals surface area contributed by atoms with Crippen molar-refractivity contribution in [3.8, 4) is 5.75 Å². The zero-order valence-corrected chi connectivity index (χ0v) is 13.4. The Bertz CT molecular complexity index is 637. The molecule has 0 bridgehead atoms. The largest absolute Gasteiger partial charge is 0.487 e. The summed E-state index contributed by atoms with van der Waals surface area (Å²) >= 11 is 0. The topological polar surface area (TPSA) is 72.5 Å². The number of sulfone groups is 1. The van der Waals surface area contributed by atoms with E-state index < -0.39 is 9.84 Å². The van der Waals surface area contributed by atoms with Gasteiger partial charge < -0.3 is 10.1 Å². The molecule has 116 valence electrons. The molecule has 1 aromatic carbocycles. The van der Waals surface area contributed by atoms with E-state index in [1.165, 1.54) is 0 Å². The summed E-state index contributed by atoms with van der Waals surface area (Å²) in [6, 6.07) is 7.44. The number of fused-ring (bicyclic) bond motifs is 1. The molecule has 0 aromatic heterocycles. The second-order valence-electron chi connectivity index (χ2n) is 6.10. The van der Waals surface area contributed by atoms with E-state index >= 15 is 0 Å². The fraction of sp³-hybridized carbons (Fsp3) is 0.533. The van der Waals surface area contributed by atoms with Gasteiger partial charge in [0.15, 0.2) is 0 Å². The van der Waals surface area contributed by atoms with Crippen LogP contribution < -0.4 is 10.1 Å². The summed E-state index contributed by atoms with van der Waals surface area (Å²) in [5, 5.41) is 2.92. The standard InChI is InChI=1S/C15H21NO4S/c1-15(2)10-12(11-6-4-5-7-13(11)20-15)16-14(17)8-9-21(3,18)19/h4-7,12H,8-10H2,1-3H3,(H,16,17). The number of rotatable bonds is 4. The van der Waals surface area contributed by atoms with Crippen molar-refractivity contribution in [2.45, 2.75) is 38.3 Å². The average Bonchev–Trinajstić information content (AvgIpc) is 2.34. The molecule has 1 amide bonds. The van der Waals surface area contributed by atoms with Crippen LogP contribution in [-0.2, 0) is 14.6 Å². The molecule has 1 heterocycles. The Morgan fingerprint density at radius 2 is 2.05 bits per heavy atom. The molecule has 2 rings (SSSR count). The Hall–Kier alpha value is -1.56. The number of benzene rings is 1. The van der Waals surface area contributed by atoms with Crippen LogP contribution in [0.2, 0.25) is 0 Å². The summed E-state index contributed by atoms with van der Waals surface area (Å²) in [5.74, 6) is 0.382. The summed E-state index contributed by atoms with van der Waals surface area (Å²) in [5.41, 5.74) is 0.563. The molecule has 1 aliphatic rings. The van der Waals surface area contributed by atoms with Crippen molar-refractivity contribution in [2.75, 3.05) is 12.0 Å². The Morgan fingerprint density at radius 1 is 1.38 bits per heavy atom. The van der Waals surface area contributed by atoms with E-state index in [9.17, 15) is 13.2 Å². The first-order valence-electron chi connectivity index (χ1n) is 6.91. The van der Waals surface area contributed by atoms with Gasteiger partial charge in [-0.25, -0.2) is 8.42 Å². The Labute approximate surface area is 125 Å². The molecule has 1 unspecified atom stereocenters. The smallest absolute Gasteiger partial charge is 0.221 e. The molecule has 5 nitrogen and oxygen atoms in total. The number of carbonyl (C=O) groups excluding carboxylic acids is 1. The third kappa shape index (κ3) is 4.46. The van der Waals surface area contributed by atoms with E-state index in [1.54, 1.807) is 0 Å². The van der Waals surface area contributed by atoms with Gasteiger partial charge in [0.05, 0.1) is 11.8 Å². The monoisotopic (exact) mass is 311 g/mol. The van der Waals surface area contributed by atoms with Crippen molar-refractivity contribution in [3.05, 3.63) is 29.8 Å². The fourth-order valence-electron chi connectivity index (χ4n) is 2.48. The van der Waals surface area contributed by atoms with E-state index in [0.29, 0.717) is 6.42 Å². The quantitative estimate of drug-likeness (QED) is 0.921. The second-order valence-corrected chi connectivity index (χ2v) is 8.36. The molecule has 0 aliphatic carbocycles. The molecule has 6 heteroatoms. The minimum absolute atomic E-state index is 0.0151. The predicted molar refractivity (Wildman–Crippen MR) is 81.0 cm³/mol. The van der Waals surface area contributed by atoms with E-state index in [0.717, 1.165) is 17.6 Å². The Kier molecular flexibility index (Phi) is 4.27. The van der Waals surface area contributed by atoms with Gasteiger partial charge in [-0.1, -0.05) is 18.2 Å². The summed E-state index contributed by atoms with van der Waals surface area (Å²) in [7, 11) is -3.13. The van der Waals surface area contributed by atoms with Gasteiger partial charge in [0.2, 0.25) is 5.91 Å². The highest BCUT2D eigenvalue weighted by Crippen LogP contribution is 2.39. The molecule has 0 saturated heterocycles. The van der Waals surface area contributed by atoms with Crippen molar-refractivity contribution in [3.63, 3.8) is 0 Å². The van der Waals surface area contributed by atoms with Gasteiger partial charge in [0, 0.05) is 24.7 Å². The van der Waals surface area contributed by atoms with Gasteiger partial charge in [-0.05, 0) is 19.9 Å². The fourth-order valence-corrected chi connectivity index (χ4v) is 3.03. The molecule has 1 atom stereocenters. The minimum Gasteiger partial charge on any atom is -0.487 e. The maximum Gasteiger partial charge on any atom is 0.221 e. The molecular formula is C15H21NO4S. The third-order valence-electron chi connectivity index (χ3n) is 3.41. The Morgan fingerprint density at radius 3 is 2.71 bits per heavy atom. The molecule has 0 fully saturated rings. The van der Waals surface area contributed by atoms with Crippen LogP contribution in [0.15, 0.2) is 24.3 Å². The molecule has 1 N–H and O–H groups in total. The van der Waals surface area contributed by atoms with Crippen molar-refractivity contribution >= 4 is 15.7 Å². The van der Waals surface area contributed by atoms with Crippen LogP contribution in [-0.4, -0.2) is 31.9 Å². The van der Waals surface area contributed by atoms with E-state index in [-0.39, 0.29) is 29.7 Å². The number of hydrogen-bond acceptors (Lipinski definition) is 4. The first-order chi connectivity index (χ1) is 9.66. The maximum absolute atomic E-state index is 12.0. The van der Waals surface area contributed by atoms with Gasteiger partial charge in [-0.15, -0.1) is 0 Å². The summed E-state index contributed by atoms with van der Waals surface area (Å²) in [6.45, 7) is 3.94. The van der Waals surface area contributed by atoms with Gasteiger partial charge in [-0.3, -0.25) is 4.79 Å². The summed E-state index contributed by atoms with van der Waals surface area (Å²) in [6.07, 6.45) is 1.76. The van der Waals surface area contributed by atoms with Crippen LogP contribution in [0, 0.1) is 0 Å². The molecule has 21 heavy (non-hydrogen) atoms. The zero-order chi connectivity index (χ0) is 15.7. The Balaban J connectivity index is 2.11. The normalized spacial score (nSPS) is 20.2. The van der Waals surface area contributed by atoms with Gasteiger partial charge >= 0.3 is 0 Å². The molecule has 0 saturated carbocycles. The van der Waals surface area contributed by atoms with Crippen LogP contribution in [0.5, 0.6) is 5.75 Å². The highest BCUT2D eigenvalue weighted by Gasteiger charge is 2.34. The molecule has 1 aliphatic heterocycles. The van der Waals surface area contributed by atoms with Crippen molar-refractivity contribution in [1.29, 1.82) is 0 Å². The number of amides is 1. The van der Waals surface area contributed by atoms with Gasteiger partial charge in [-0.2, -0.15) is 0 Å². The third-order valence-corrected chi connectivity index (χ3v) is 4.36. The van der Waals surface area contributed by atoms with Crippen LogP contribution in [0.25, 0.3) is 0 Å². The minimum atomic E-state index is -3.13. The number of ether oxygens (including phenoxy) is 1. The number of para-hydroxylation sites is 1. The predicted octanol–water partition coefficient (Wildman–Crippen LogP) is 1.84. The van der Waals surface area contributed by atoms with E-state index in [2.05, 4.69) is 5.32 Å². The summed E-state index contributed by atoms with van der Waals surface area (Å²) in [4.78, 5) is 12.0. The number of hydrogen-bond donors (Lipinski definition) is 1. The lowest BCUT2D eigenvalue weighted by atomic mass is 9.89. The highest BCUT2D eigenvalue weighted by molar-refractivity contribution is 7.90. The van der Waals surface area contributed by atoms with Gasteiger partial charge in [0.25, 0.3) is 0 Å². The van der Waals surface area contributed by atoms with Crippen molar-refractivity contribution in [1.82, 2.24) is 5.32 Å². The van der Waals surface area contributed by atoms with E-state index in [1.807, 2.05) is 38.1 Å². The average molecular weight is 311 g/mol. The summed E-state index contributed by atoms with van der Waals surface area (Å²) < 4.78 is 28.2. The first-order valence-corrected chi connectivity index (χ1v) is 8.97. The molecule has 0 spiro atoms. The maximum atomic E-state index is 12.0. The van der Waals surface area contributed by atoms with Crippen LogP contribution in [0.4, 0.5) is 0 Å². The molecule has 1 aromatic rings. The number of carbonyl (C=O) groups is 1. The van der Waals surface area contributed by atoms with Crippen molar-refractivity contribution < 1.29 is 17.9 Å². The lowest BCUT2D eigenvalue weighted by molar-refractivity contribution is -0.122. The van der Waals surface area contributed by atoms with Crippen LogP contribution in [0.3, 0.4) is 0 Å². The zero-order valence-electron chi connectivity index (χ0n) is 12.5. The SMILES string of the molecule is CC1(C)CC(NC(=O)CCS(C)(=O)=O)c2ccccc2O1. The lowest BCUT2D eigenvalue weighted by Gasteiger charge is -2.37. The second kappa shape index (κ2) is 5.67. The van der Waals surface area contributed by atoms with E-state index in [4.69, 9.17) is 4.74 Å². The highest BCUT2D eigenvalue weighted by atomic mass is 32.2.